The number of rotatable bonds is 5. The van der Waals surface area contributed by atoms with Crippen molar-refractivity contribution < 1.29 is 4.79 Å². The maximum Gasteiger partial charge on any atom is 0.226 e. The lowest BCUT2D eigenvalue weighted by Gasteiger charge is -2.19. The van der Waals surface area contributed by atoms with E-state index >= 15 is 0 Å². The van der Waals surface area contributed by atoms with E-state index in [9.17, 15) is 4.79 Å². The molecule has 0 aliphatic rings. The summed E-state index contributed by atoms with van der Waals surface area (Å²) in [5, 5.41) is 3.02. The van der Waals surface area contributed by atoms with Crippen molar-refractivity contribution in [1.82, 2.24) is 4.57 Å². The highest BCUT2D eigenvalue weighted by Gasteiger charge is 2.17. The van der Waals surface area contributed by atoms with Gasteiger partial charge in [-0.1, -0.05) is 48.5 Å². The van der Waals surface area contributed by atoms with Crippen LogP contribution in [0.3, 0.4) is 0 Å². The Kier molecular flexibility index (Phi) is 4.57. The second-order valence-electron chi connectivity index (χ2n) is 5.62. The molecule has 3 rings (SSSR count). The molecule has 3 aromatic rings. The van der Waals surface area contributed by atoms with E-state index in [4.69, 9.17) is 0 Å². The minimum atomic E-state index is -0.00443. The van der Waals surface area contributed by atoms with Crippen molar-refractivity contribution in [2.24, 2.45) is 0 Å². The Balaban J connectivity index is 1.79. The van der Waals surface area contributed by atoms with Gasteiger partial charge in [0.15, 0.2) is 0 Å². The highest BCUT2D eigenvalue weighted by molar-refractivity contribution is 5.92. The molecule has 23 heavy (non-hydrogen) atoms. The number of hydrogen-bond donors (Lipinski definition) is 1. The van der Waals surface area contributed by atoms with Gasteiger partial charge in [0, 0.05) is 18.1 Å². The highest BCUT2D eigenvalue weighted by Crippen LogP contribution is 2.23. The lowest BCUT2D eigenvalue weighted by atomic mass is 10.0. The van der Waals surface area contributed by atoms with Gasteiger partial charge in [-0.15, -0.1) is 0 Å². The lowest BCUT2D eigenvalue weighted by Crippen LogP contribution is -2.20. The predicted octanol–water partition coefficient (Wildman–Crippen LogP) is 4.41. The van der Waals surface area contributed by atoms with E-state index in [-0.39, 0.29) is 11.9 Å². The van der Waals surface area contributed by atoms with Crippen LogP contribution < -0.4 is 5.32 Å². The fraction of sp³-hybridized carbons (Fsp3) is 0.150. The zero-order chi connectivity index (χ0) is 16.1. The number of para-hydroxylation sites is 1. The van der Waals surface area contributed by atoms with Crippen molar-refractivity contribution in [3.8, 4) is 0 Å². The van der Waals surface area contributed by atoms with Gasteiger partial charge in [-0.2, -0.15) is 0 Å². The van der Waals surface area contributed by atoms with Crippen LogP contribution in [0.2, 0.25) is 0 Å². The summed E-state index contributed by atoms with van der Waals surface area (Å²) in [7, 11) is 0. The average Bonchev–Trinajstić information content (AvgIpc) is 3.10. The molecule has 1 amide bonds. The second kappa shape index (κ2) is 6.97. The van der Waals surface area contributed by atoms with Crippen molar-refractivity contribution in [2.75, 3.05) is 5.32 Å². The Bertz CT molecular complexity index is 763. The number of benzene rings is 2. The molecule has 1 heterocycles. The number of nitrogens with zero attached hydrogens (tertiary/aromatic N) is 1. The number of aryl methyl sites for hydroxylation is 1. The summed E-state index contributed by atoms with van der Waals surface area (Å²) in [6.07, 6.45) is 4.39. The van der Waals surface area contributed by atoms with Gasteiger partial charge in [-0.25, -0.2) is 0 Å². The molecule has 1 aromatic heterocycles. The van der Waals surface area contributed by atoms with Crippen LogP contribution >= 0.6 is 0 Å². The van der Waals surface area contributed by atoms with Crippen LogP contribution in [0.15, 0.2) is 79.1 Å². The van der Waals surface area contributed by atoms with Crippen molar-refractivity contribution in [1.29, 1.82) is 0 Å². The standard InChI is InChI=1S/C20H20N2O/c1-16-9-5-6-12-18(16)21-20(23)15-19(22-13-7-8-14-22)17-10-3-2-4-11-17/h2-14,19H,15H2,1H3,(H,21,23)/t19-/m1/s1. The normalized spacial score (nSPS) is 11.9. The largest absolute Gasteiger partial charge is 0.346 e. The molecule has 1 N–H and O–H groups in total. The van der Waals surface area contributed by atoms with Gasteiger partial charge in [-0.3, -0.25) is 4.79 Å². The Morgan fingerprint density at radius 3 is 2.30 bits per heavy atom. The third-order valence-corrected chi connectivity index (χ3v) is 3.97. The first kappa shape index (κ1) is 15.1. The van der Waals surface area contributed by atoms with E-state index in [0.717, 1.165) is 16.8 Å². The third-order valence-electron chi connectivity index (χ3n) is 3.97. The molecule has 0 aliphatic heterocycles. The van der Waals surface area contributed by atoms with Gasteiger partial charge < -0.3 is 9.88 Å². The average molecular weight is 304 g/mol. The van der Waals surface area contributed by atoms with Gasteiger partial charge in [0.2, 0.25) is 5.91 Å². The number of hydrogen-bond acceptors (Lipinski definition) is 1. The monoisotopic (exact) mass is 304 g/mol. The first-order valence-corrected chi connectivity index (χ1v) is 7.77. The molecule has 3 nitrogen and oxygen atoms in total. The van der Waals surface area contributed by atoms with Crippen molar-refractivity contribution in [3.63, 3.8) is 0 Å². The number of nitrogens with one attached hydrogen (secondary N) is 1. The van der Waals surface area contributed by atoms with Crippen LogP contribution in [0, 0.1) is 6.92 Å². The summed E-state index contributed by atoms with van der Waals surface area (Å²) in [6, 6.07) is 21.9. The molecular formula is C20H20N2O. The summed E-state index contributed by atoms with van der Waals surface area (Å²) in [5.74, 6) is 0.0156. The van der Waals surface area contributed by atoms with Gasteiger partial charge in [0.1, 0.15) is 0 Å². The molecule has 0 saturated heterocycles. The molecule has 2 aromatic carbocycles. The maximum absolute atomic E-state index is 12.5. The van der Waals surface area contributed by atoms with Gasteiger partial charge >= 0.3 is 0 Å². The van der Waals surface area contributed by atoms with Crippen molar-refractivity contribution >= 4 is 11.6 Å². The molecule has 1 atom stereocenters. The topological polar surface area (TPSA) is 34.0 Å². The molecule has 0 saturated carbocycles. The fourth-order valence-corrected chi connectivity index (χ4v) is 2.72. The molecule has 3 heteroatoms. The number of amides is 1. The third kappa shape index (κ3) is 3.69. The van der Waals surface area contributed by atoms with Crippen LogP contribution in [0.25, 0.3) is 0 Å². The van der Waals surface area contributed by atoms with E-state index in [0.29, 0.717) is 6.42 Å². The molecule has 0 unspecified atom stereocenters. The fourth-order valence-electron chi connectivity index (χ4n) is 2.72. The first-order chi connectivity index (χ1) is 11.2. The zero-order valence-electron chi connectivity index (χ0n) is 13.1. The summed E-state index contributed by atoms with van der Waals surface area (Å²) in [4.78, 5) is 12.5. The van der Waals surface area contributed by atoms with Crippen LogP contribution in [0.5, 0.6) is 0 Å². The number of carbonyl (C=O) groups excluding carboxylic acids is 1. The zero-order valence-corrected chi connectivity index (χ0v) is 13.1. The van der Waals surface area contributed by atoms with Crippen molar-refractivity contribution in [3.05, 3.63) is 90.3 Å². The molecule has 0 radical (unpaired) electrons. The van der Waals surface area contributed by atoms with E-state index in [1.165, 1.54) is 0 Å². The second-order valence-corrected chi connectivity index (χ2v) is 5.62. The minimum absolute atomic E-state index is 0.00443. The number of carbonyl (C=O) groups is 1. The van der Waals surface area contributed by atoms with Gasteiger partial charge in [0.25, 0.3) is 0 Å². The number of anilines is 1. The lowest BCUT2D eigenvalue weighted by molar-refractivity contribution is -0.116. The van der Waals surface area contributed by atoms with E-state index in [2.05, 4.69) is 22.0 Å². The summed E-state index contributed by atoms with van der Waals surface area (Å²) in [5.41, 5.74) is 3.07. The quantitative estimate of drug-likeness (QED) is 0.744. The molecular weight excluding hydrogens is 284 g/mol. The predicted molar refractivity (Wildman–Crippen MR) is 93.4 cm³/mol. The summed E-state index contributed by atoms with van der Waals surface area (Å²) >= 11 is 0. The smallest absolute Gasteiger partial charge is 0.226 e. The molecule has 0 fully saturated rings. The Hall–Kier alpha value is -2.81. The maximum atomic E-state index is 12.5. The Labute approximate surface area is 136 Å². The van der Waals surface area contributed by atoms with E-state index < -0.39 is 0 Å². The van der Waals surface area contributed by atoms with Gasteiger partial charge in [0.05, 0.1) is 12.5 Å². The van der Waals surface area contributed by atoms with Crippen LogP contribution in [-0.4, -0.2) is 10.5 Å². The van der Waals surface area contributed by atoms with E-state index in [1.54, 1.807) is 0 Å². The minimum Gasteiger partial charge on any atom is -0.346 e. The SMILES string of the molecule is Cc1ccccc1NC(=O)C[C@H](c1ccccc1)n1cccc1. The number of aromatic nitrogens is 1. The summed E-state index contributed by atoms with van der Waals surface area (Å²) < 4.78 is 2.08. The van der Waals surface area contributed by atoms with Gasteiger partial charge in [-0.05, 0) is 36.2 Å². The van der Waals surface area contributed by atoms with E-state index in [1.807, 2.05) is 73.9 Å². The Morgan fingerprint density at radius 2 is 1.61 bits per heavy atom. The van der Waals surface area contributed by atoms with Crippen molar-refractivity contribution in [2.45, 2.75) is 19.4 Å². The molecule has 116 valence electrons. The highest BCUT2D eigenvalue weighted by atomic mass is 16.1. The molecule has 0 spiro atoms. The van der Waals surface area contributed by atoms with Crippen LogP contribution in [0.1, 0.15) is 23.6 Å². The first-order valence-electron chi connectivity index (χ1n) is 7.77. The van der Waals surface area contributed by atoms with Crippen LogP contribution in [0.4, 0.5) is 5.69 Å². The van der Waals surface area contributed by atoms with Crippen LogP contribution in [-0.2, 0) is 4.79 Å². The summed E-state index contributed by atoms with van der Waals surface area (Å²) in [6.45, 7) is 2.00. The Morgan fingerprint density at radius 1 is 0.957 bits per heavy atom. The molecule has 0 bridgehead atoms. The molecule has 0 aliphatic carbocycles.